The first-order valence-electron chi connectivity index (χ1n) is 6.67. The van der Waals surface area contributed by atoms with E-state index in [1.54, 1.807) is 35.5 Å². The van der Waals surface area contributed by atoms with Crippen molar-refractivity contribution in [3.8, 4) is 0 Å². The number of nitrogens with one attached hydrogen (secondary N) is 1. The molecule has 8 heteroatoms. The van der Waals surface area contributed by atoms with E-state index in [1.165, 1.54) is 0 Å². The first kappa shape index (κ1) is 14.5. The number of sulfonamides is 1. The maximum absolute atomic E-state index is 12.4. The smallest absolute Gasteiger partial charge is 0.260 e. The molecule has 0 aliphatic carbocycles. The molecule has 3 rings (SSSR count). The normalized spacial score (nSPS) is 19.0. The highest BCUT2D eigenvalue weighted by atomic mass is 32.2. The molecule has 0 saturated carbocycles. The fraction of sp³-hybridized carbons (Fsp3) is 0.214. The minimum Gasteiger partial charge on any atom is -0.331 e. The summed E-state index contributed by atoms with van der Waals surface area (Å²) in [5, 5.41) is 2.64. The van der Waals surface area contributed by atoms with E-state index < -0.39 is 15.9 Å². The molecule has 2 aliphatic rings. The van der Waals surface area contributed by atoms with E-state index in [9.17, 15) is 13.2 Å². The average molecular weight is 318 g/mol. The molecule has 0 fully saturated rings. The highest BCUT2D eigenvalue weighted by molar-refractivity contribution is 7.90. The van der Waals surface area contributed by atoms with Crippen LogP contribution in [0.3, 0.4) is 0 Å². The van der Waals surface area contributed by atoms with Gasteiger partial charge in [0, 0.05) is 18.9 Å². The first-order chi connectivity index (χ1) is 10.4. The monoisotopic (exact) mass is 318 g/mol. The maximum Gasteiger partial charge on any atom is 0.260 e. The second-order valence-electron chi connectivity index (χ2n) is 4.99. The molecular formula is C14H14N4O3S. The number of hydrogen-bond donors (Lipinski definition) is 1. The molecule has 114 valence electrons. The number of carbonyl (C=O) groups excluding carboxylic acids is 1. The lowest BCUT2D eigenvalue weighted by atomic mass is 10.1. The van der Waals surface area contributed by atoms with Gasteiger partial charge in [0.1, 0.15) is 5.82 Å². The third-order valence-corrected chi connectivity index (χ3v) is 4.40. The fourth-order valence-corrected chi connectivity index (χ4v) is 3.10. The van der Waals surface area contributed by atoms with E-state index in [-0.39, 0.29) is 23.7 Å². The van der Waals surface area contributed by atoms with Crippen LogP contribution in [0.2, 0.25) is 0 Å². The molecule has 0 saturated heterocycles. The zero-order chi connectivity index (χ0) is 15.7. The zero-order valence-corrected chi connectivity index (χ0v) is 12.7. The summed E-state index contributed by atoms with van der Waals surface area (Å²) in [6, 6.07) is 3.51. The number of hydrogen-bond acceptors (Lipinski definition) is 5. The van der Waals surface area contributed by atoms with Crippen molar-refractivity contribution < 1.29 is 13.2 Å². The van der Waals surface area contributed by atoms with Gasteiger partial charge in [0.2, 0.25) is 0 Å². The number of anilines is 1. The topological polar surface area (TPSA) is 91.7 Å². The summed E-state index contributed by atoms with van der Waals surface area (Å²) in [7, 11) is -3.52. The minimum absolute atomic E-state index is 0.0603. The Morgan fingerprint density at radius 1 is 1.36 bits per heavy atom. The number of amidine groups is 1. The molecule has 0 radical (unpaired) electrons. The molecule has 1 aromatic rings. The first-order valence-corrected chi connectivity index (χ1v) is 8.28. The van der Waals surface area contributed by atoms with Crippen LogP contribution in [0.25, 0.3) is 0 Å². The van der Waals surface area contributed by atoms with E-state index in [0.29, 0.717) is 5.82 Å². The summed E-state index contributed by atoms with van der Waals surface area (Å²) in [5.74, 6) is 0.0479. The van der Waals surface area contributed by atoms with Crippen molar-refractivity contribution in [2.75, 3.05) is 17.6 Å². The highest BCUT2D eigenvalue weighted by Gasteiger charge is 2.29. The van der Waals surface area contributed by atoms with E-state index in [1.807, 2.05) is 13.0 Å². The molecular weight excluding hydrogens is 304 g/mol. The molecule has 1 N–H and O–H groups in total. The Kier molecular flexibility index (Phi) is 3.53. The van der Waals surface area contributed by atoms with Crippen LogP contribution >= 0.6 is 0 Å². The van der Waals surface area contributed by atoms with Gasteiger partial charge < -0.3 is 10.2 Å². The number of fused-ring (bicyclic) bond motifs is 1. The van der Waals surface area contributed by atoms with Crippen molar-refractivity contribution in [1.82, 2.24) is 9.88 Å². The molecule has 0 aromatic carbocycles. The summed E-state index contributed by atoms with van der Waals surface area (Å²) in [6.07, 6.45) is 6.57. The third-order valence-electron chi connectivity index (χ3n) is 3.26. The van der Waals surface area contributed by atoms with Gasteiger partial charge in [-0.3, -0.25) is 4.79 Å². The van der Waals surface area contributed by atoms with Gasteiger partial charge >= 0.3 is 0 Å². The average Bonchev–Trinajstić information content (AvgIpc) is 2.48. The maximum atomic E-state index is 12.4. The van der Waals surface area contributed by atoms with Crippen molar-refractivity contribution in [2.45, 2.75) is 6.92 Å². The number of aryl methyl sites for hydroxylation is 1. The molecule has 1 aromatic heterocycles. The van der Waals surface area contributed by atoms with Gasteiger partial charge in [0.05, 0.1) is 11.3 Å². The Hall–Kier alpha value is -2.48. The van der Waals surface area contributed by atoms with Gasteiger partial charge in [-0.25, -0.2) is 13.4 Å². The Morgan fingerprint density at radius 3 is 2.91 bits per heavy atom. The van der Waals surface area contributed by atoms with Crippen LogP contribution in [0.15, 0.2) is 46.7 Å². The lowest BCUT2D eigenvalue weighted by Crippen LogP contribution is -2.40. The van der Waals surface area contributed by atoms with Gasteiger partial charge in [-0.15, -0.1) is 4.40 Å². The molecule has 3 heterocycles. The number of carbonyl (C=O) groups is 1. The summed E-state index contributed by atoms with van der Waals surface area (Å²) in [4.78, 5) is 18.1. The summed E-state index contributed by atoms with van der Waals surface area (Å²) in [6.45, 7) is 2.18. The SMILES string of the molecule is Cc1ccc(NC(=O)C2=CC=CN3CCS(=O)(=O)N=C23)nc1. The number of rotatable bonds is 2. The predicted octanol–water partition coefficient (Wildman–Crippen LogP) is 0.826. The van der Waals surface area contributed by atoms with Crippen LogP contribution in [0.1, 0.15) is 5.56 Å². The second kappa shape index (κ2) is 5.38. The number of amides is 1. The molecule has 1 amide bonds. The summed E-state index contributed by atoms with van der Waals surface area (Å²) >= 11 is 0. The zero-order valence-electron chi connectivity index (χ0n) is 11.9. The van der Waals surface area contributed by atoms with Crippen LogP contribution in [0.5, 0.6) is 0 Å². The fourth-order valence-electron chi connectivity index (χ4n) is 2.12. The molecule has 0 atom stereocenters. The molecule has 2 aliphatic heterocycles. The van der Waals surface area contributed by atoms with Crippen molar-refractivity contribution >= 4 is 27.6 Å². The van der Waals surface area contributed by atoms with Crippen molar-refractivity contribution in [3.05, 3.63) is 47.8 Å². The molecule has 0 spiro atoms. The van der Waals surface area contributed by atoms with Gasteiger partial charge in [-0.05, 0) is 30.7 Å². The standard InChI is InChI=1S/C14H14N4O3S/c1-10-4-5-12(15-9-10)16-14(19)11-3-2-6-18-7-8-22(20,21)17-13(11)18/h2-6,9H,7-8H2,1H3,(H,15,16,19). The van der Waals surface area contributed by atoms with E-state index in [4.69, 9.17) is 0 Å². The van der Waals surface area contributed by atoms with Crippen molar-refractivity contribution in [2.24, 2.45) is 4.40 Å². The number of pyridine rings is 1. The largest absolute Gasteiger partial charge is 0.331 e. The molecule has 22 heavy (non-hydrogen) atoms. The summed E-state index contributed by atoms with van der Waals surface area (Å²) < 4.78 is 27.0. The Bertz CT molecular complexity index is 807. The van der Waals surface area contributed by atoms with Crippen molar-refractivity contribution in [3.63, 3.8) is 0 Å². The number of aromatic nitrogens is 1. The lowest BCUT2D eigenvalue weighted by molar-refractivity contribution is -0.112. The van der Waals surface area contributed by atoms with Gasteiger partial charge in [-0.1, -0.05) is 6.07 Å². The van der Waals surface area contributed by atoms with E-state index in [0.717, 1.165) is 5.56 Å². The Labute approximate surface area is 128 Å². The van der Waals surface area contributed by atoms with Gasteiger partial charge in [0.25, 0.3) is 15.9 Å². The summed E-state index contributed by atoms with van der Waals surface area (Å²) in [5.41, 5.74) is 1.18. The van der Waals surface area contributed by atoms with Crippen molar-refractivity contribution in [1.29, 1.82) is 0 Å². The van der Waals surface area contributed by atoms with E-state index >= 15 is 0 Å². The molecule has 7 nitrogen and oxygen atoms in total. The van der Waals surface area contributed by atoms with Gasteiger partial charge in [-0.2, -0.15) is 0 Å². The Balaban J connectivity index is 1.88. The van der Waals surface area contributed by atoms with Gasteiger partial charge in [0.15, 0.2) is 5.84 Å². The van der Waals surface area contributed by atoms with Crippen LogP contribution < -0.4 is 5.32 Å². The highest BCUT2D eigenvalue weighted by Crippen LogP contribution is 2.19. The lowest BCUT2D eigenvalue weighted by Gasteiger charge is -2.28. The Morgan fingerprint density at radius 2 is 2.18 bits per heavy atom. The third kappa shape index (κ3) is 2.91. The van der Waals surface area contributed by atoms with Crippen LogP contribution in [0, 0.1) is 6.92 Å². The molecule has 0 unspecified atom stereocenters. The minimum atomic E-state index is -3.52. The van der Waals surface area contributed by atoms with Crippen LogP contribution in [-0.4, -0.2) is 42.3 Å². The van der Waals surface area contributed by atoms with Crippen LogP contribution in [0.4, 0.5) is 5.82 Å². The predicted molar refractivity (Wildman–Crippen MR) is 82.8 cm³/mol. The van der Waals surface area contributed by atoms with E-state index in [2.05, 4.69) is 14.7 Å². The van der Waals surface area contributed by atoms with Crippen LogP contribution in [-0.2, 0) is 14.8 Å². The number of nitrogens with zero attached hydrogens (tertiary/aromatic N) is 3. The number of allylic oxidation sites excluding steroid dienone is 2. The quantitative estimate of drug-likeness (QED) is 0.872. The molecule has 0 bridgehead atoms. The second-order valence-corrected chi connectivity index (χ2v) is 6.75.